The van der Waals surface area contributed by atoms with E-state index >= 15 is 0 Å². The minimum atomic E-state index is -1.57. The number of fused-ring (bicyclic) bond motifs is 1. The lowest BCUT2D eigenvalue weighted by atomic mass is 10.1. The average Bonchev–Trinajstić information content (AvgIpc) is 2.61. The second kappa shape index (κ2) is 7.27. The van der Waals surface area contributed by atoms with E-state index in [-0.39, 0.29) is 20.9 Å². The summed E-state index contributed by atoms with van der Waals surface area (Å²) in [7, 11) is 0. The van der Waals surface area contributed by atoms with Gasteiger partial charge in [-0.05, 0) is 10.8 Å². The van der Waals surface area contributed by atoms with Crippen molar-refractivity contribution in [2.24, 2.45) is 5.10 Å². The van der Waals surface area contributed by atoms with E-state index < -0.39 is 11.7 Å². The molecule has 0 aliphatic rings. The standard InChI is InChI=1S/C17H10Cl3N3O2/c18-12-14(13(19)16(20)22-15(12)17(24)25)23-21-8-10-6-3-5-9-4-1-2-7-11(9)10/h1-8H,(H,22,23)(H,24,25)/p-1/b21-8-. The quantitative estimate of drug-likeness (QED) is 0.413. The molecule has 0 unspecified atom stereocenters. The first kappa shape index (κ1) is 17.5. The van der Waals surface area contributed by atoms with E-state index in [1.807, 2.05) is 42.5 Å². The lowest BCUT2D eigenvalue weighted by Gasteiger charge is -2.12. The minimum Gasteiger partial charge on any atom is -0.543 e. The van der Waals surface area contributed by atoms with Crippen LogP contribution < -0.4 is 10.5 Å². The van der Waals surface area contributed by atoms with Crippen molar-refractivity contribution in [2.75, 3.05) is 5.43 Å². The monoisotopic (exact) mass is 392 g/mol. The fourth-order valence-corrected chi connectivity index (χ4v) is 2.94. The average molecular weight is 394 g/mol. The van der Waals surface area contributed by atoms with Crippen molar-refractivity contribution in [3.63, 3.8) is 0 Å². The van der Waals surface area contributed by atoms with Crippen LogP contribution in [0.15, 0.2) is 47.6 Å². The van der Waals surface area contributed by atoms with Crippen LogP contribution in [0.25, 0.3) is 10.8 Å². The molecule has 0 atom stereocenters. The van der Waals surface area contributed by atoms with E-state index in [2.05, 4.69) is 15.5 Å². The number of nitrogens with zero attached hydrogens (tertiary/aromatic N) is 2. The molecule has 0 radical (unpaired) electrons. The number of hydrogen-bond donors (Lipinski definition) is 1. The molecule has 8 heteroatoms. The number of carboxylic acid groups (broad SMARTS) is 1. The van der Waals surface area contributed by atoms with E-state index in [0.29, 0.717) is 0 Å². The molecule has 0 aliphatic carbocycles. The summed E-state index contributed by atoms with van der Waals surface area (Å²) in [4.78, 5) is 14.6. The number of nitrogens with one attached hydrogen (secondary N) is 1. The maximum absolute atomic E-state index is 11.1. The van der Waals surface area contributed by atoms with E-state index in [9.17, 15) is 9.90 Å². The smallest absolute Gasteiger partial charge is 0.150 e. The maximum Gasteiger partial charge on any atom is 0.150 e. The SMILES string of the molecule is O=C([O-])c1nc(Cl)c(Cl)c(N/N=C\c2cccc3ccccc23)c1Cl. The van der Waals surface area contributed by atoms with Gasteiger partial charge in [0, 0.05) is 5.56 Å². The summed E-state index contributed by atoms with van der Waals surface area (Å²) < 4.78 is 0. The third kappa shape index (κ3) is 3.54. The van der Waals surface area contributed by atoms with Gasteiger partial charge in [0.1, 0.15) is 10.7 Å². The van der Waals surface area contributed by atoms with Gasteiger partial charge < -0.3 is 9.90 Å². The summed E-state index contributed by atoms with van der Waals surface area (Å²) in [5, 5.41) is 16.7. The normalized spacial score (nSPS) is 11.2. The van der Waals surface area contributed by atoms with E-state index in [1.54, 1.807) is 6.21 Å². The van der Waals surface area contributed by atoms with Gasteiger partial charge in [-0.3, -0.25) is 5.43 Å². The van der Waals surface area contributed by atoms with Crippen LogP contribution in [-0.2, 0) is 0 Å². The molecule has 25 heavy (non-hydrogen) atoms. The van der Waals surface area contributed by atoms with Crippen molar-refractivity contribution in [3.8, 4) is 0 Å². The number of carbonyl (C=O) groups excluding carboxylic acids is 1. The highest BCUT2D eigenvalue weighted by molar-refractivity contribution is 6.46. The molecule has 0 aliphatic heterocycles. The van der Waals surface area contributed by atoms with Gasteiger partial charge in [-0.25, -0.2) is 4.98 Å². The Morgan fingerprint density at radius 1 is 1.08 bits per heavy atom. The summed E-state index contributed by atoms with van der Waals surface area (Å²) in [6.07, 6.45) is 1.57. The zero-order valence-corrected chi connectivity index (χ0v) is 14.7. The Morgan fingerprint density at radius 2 is 1.80 bits per heavy atom. The Labute approximate surface area is 157 Å². The topological polar surface area (TPSA) is 77.4 Å². The lowest BCUT2D eigenvalue weighted by Crippen LogP contribution is -2.24. The van der Waals surface area contributed by atoms with Crippen LogP contribution in [0.1, 0.15) is 16.1 Å². The molecule has 0 bridgehead atoms. The van der Waals surface area contributed by atoms with E-state index in [1.165, 1.54) is 0 Å². The van der Waals surface area contributed by atoms with Gasteiger partial charge >= 0.3 is 0 Å². The molecule has 0 saturated heterocycles. The third-order valence-corrected chi connectivity index (χ3v) is 4.54. The Hall–Kier alpha value is -2.34. The number of hydrogen-bond acceptors (Lipinski definition) is 5. The van der Waals surface area contributed by atoms with Crippen LogP contribution in [0.2, 0.25) is 15.2 Å². The molecule has 3 rings (SSSR count). The zero-order valence-electron chi connectivity index (χ0n) is 12.5. The molecule has 0 saturated carbocycles. The molecule has 0 spiro atoms. The molecule has 3 aromatic rings. The molecule has 1 aromatic heterocycles. The number of carboxylic acids is 1. The van der Waals surface area contributed by atoms with Crippen LogP contribution in [0.3, 0.4) is 0 Å². The molecular weight excluding hydrogens is 385 g/mol. The van der Waals surface area contributed by atoms with Gasteiger partial charge in [-0.1, -0.05) is 77.3 Å². The highest BCUT2D eigenvalue weighted by atomic mass is 35.5. The van der Waals surface area contributed by atoms with Gasteiger partial charge in [-0.2, -0.15) is 5.10 Å². The fourth-order valence-electron chi connectivity index (χ4n) is 2.28. The van der Waals surface area contributed by atoms with Gasteiger partial charge in [-0.15, -0.1) is 0 Å². The van der Waals surface area contributed by atoms with E-state index in [0.717, 1.165) is 16.3 Å². The summed E-state index contributed by atoms with van der Waals surface area (Å²) in [6.45, 7) is 0. The summed E-state index contributed by atoms with van der Waals surface area (Å²) in [6, 6.07) is 13.6. The van der Waals surface area contributed by atoms with Crippen molar-refractivity contribution in [1.82, 2.24) is 4.98 Å². The van der Waals surface area contributed by atoms with Crippen LogP contribution in [0.4, 0.5) is 5.69 Å². The maximum atomic E-state index is 11.1. The van der Waals surface area contributed by atoms with Crippen molar-refractivity contribution in [1.29, 1.82) is 0 Å². The van der Waals surface area contributed by atoms with Gasteiger partial charge in [0.2, 0.25) is 0 Å². The number of rotatable bonds is 4. The molecule has 1 heterocycles. The predicted molar refractivity (Wildman–Crippen MR) is 98.8 cm³/mol. The Morgan fingerprint density at radius 3 is 2.56 bits per heavy atom. The molecule has 1 N–H and O–H groups in total. The van der Waals surface area contributed by atoms with Crippen LogP contribution in [0.5, 0.6) is 0 Å². The third-order valence-electron chi connectivity index (χ3n) is 3.43. The van der Waals surface area contributed by atoms with Crippen molar-refractivity contribution >= 4 is 63.4 Å². The number of benzene rings is 2. The van der Waals surface area contributed by atoms with Crippen LogP contribution in [-0.4, -0.2) is 17.2 Å². The molecule has 126 valence electrons. The number of pyridine rings is 1. The van der Waals surface area contributed by atoms with Crippen molar-refractivity contribution in [3.05, 3.63) is 68.9 Å². The molecular formula is C17H9Cl3N3O2-. The predicted octanol–water partition coefficient (Wildman–Crippen LogP) is 4.00. The number of aromatic nitrogens is 1. The second-order valence-electron chi connectivity index (χ2n) is 4.98. The van der Waals surface area contributed by atoms with Gasteiger partial charge in [0.05, 0.1) is 22.9 Å². The summed E-state index contributed by atoms with van der Waals surface area (Å²) in [5.74, 6) is -1.57. The van der Waals surface area contributed by atoms with E-state index in [4.69, 9.17) is 34.8 Å². The molecule has 0 fully saturated rings. The van der Waals surface area contributed by atoms with Gasteiger partial charge in [0.15, 0.2) is 5.15 Å². The van der Waals surface area contributed by atoms with Crippen LogP contribution in [0, 0.1) is 0 Å². The van der Waals surface area contributed by atoms with Gasteiger partial charge in [0.25, 0.3) is 0 Å². The van der Waals surface area contributed by atoms with Crippen molar-refractivity contribution < 1.29 is 9.90 Å². The van der Waals surface area contributed by atoms with Crippen LogP contribution >= 0.6 is 34.8 Å². The first-order valence-electron chi connectivity index (χ1n) is 7.01. The highest BCUT2D eigenvalue weighted by Gasteiger charge is 2.16. The van der Waals surface area contributed by atoms with Crippen molar-refractivity contribution in [2.45, 2.75) is 0 Å². The number of halogens is 3. The fraction of sp³-hybridized carbons (Fsp3) is 0. The molecule has 0 amide bonds. The molecule has 5 nitrogen and oxygen atoms in total. The minimum absolute atomic E-state index is 0.0354. The number of anilines is 1. The highest BCUT2D eigenvalue weighted by Crippen LogP contribution is 2.36. The number of carbonyl (C=O) groups is 1. The second-order valence-corrected chi connectivity index (χ2v) is 6.09. The molecule has 2 aromatic carbocycles. The zero-order chi connectivity index (χ0) is 18.0. The summed E-state index contributed by atoms with van der Waals surface area (Å²) in [5.41, 5.74) is 3.01. The first-order valence-corrected chi connectivity index (χ1v) is 8.15. The number of aromatic carboxylic acids is 1. The summed E-state index contributed by atoms with van der Waals surface area (Å²) >= 11 is 17.8. The Bertz CT molecular complexity index is 1000. The first-order chi connectivity index (χ1) is 12.0. The Balaban J connectivity index is 1.96. The largest absolute Gasteiger partial charge is 0.543 e. The lowest BCUT2D eigenvalue weighted by molar-refractivity contribution is -0.255. The Kier molecular flexibility index (Phi) is 5.08. The number of hydrazone groups is 1.